The minimum atomic E-state index is -0.404. The van der Waals surface area contributed by atoms with Crippen LogP contribution in [-0.2, 0) is 5.41 Å². The average molecular weight is 478 g/mol. The van der Waals surface area contributed by atoms with Crippen LogP contribution in [0.4, 0.5) is 0 Å². The van der Waals surface area contributed by atoms with Crippen molar-refractivity contribution in [1.29, 1.82) is 0 Å². The van der Waals surface area contributed by atoms with E-state index in [1.165, 1.54) is 4.40 Å². The molecule has 8 heteroatoms. The Morgan fingerprint density at radius 1 is 0.939 bits per heavy atom. The molecule has 6 nitrogen and oxygen atoms in total. The summed E-state index contributed by atoms with van der Waals surface area (Å²) in [6, 6.07) is 15.4. The fourth-order valence-corrected chi connectivity index (χ4v) is 4.31. The average Bonchev–Trinajstić information content (AvgIpc) is 3.16. The summed E-state index contributed by atoms with van der Waals surface area (Å²) in [5.41, 5.74) is 4.46. The normalized spacial score (nSPS) is 12.1. The number of pyridine rings is 1. The van der Waals surface area contributed by atoms with E-state index < -0.39 is 5.41 Å². The SMILES string of the molecule is Cc1cc(-c2cc3c(nc2-c2ccccc2Cl)nc(C(C)(C)C)n2c(=O)[nH]nc32)ccc1Cl. The highest BCUT2D eigenvalue weighted by atomic mass is 35.5. The van der Waals surface area contributed by atoms with Gasteiger partial charge in [0.15, 0.2) is 11.3 Å². The molecule has 3 heterocycles. The predicted molar refractivity (Wildman–Crippen MR) is 133 cm³/mol. The van der Waals surface area contributed by atoms with Gasteiger partial charge < -0.3 is 0 Å². The van der Waals surface area contributed by atoms with Crippen molar-refractivity contribution in [2.75, 3.05) is 0 Å². The Morgan fingerprint density at radius 2 is 1.70 bits per heavy atom. The molecule has 0 bridgehead atoms. The van der Waals surface area contributed by atoms with Gasteiger partial charge in [-0.05, 0) is 42.3 Å². The van der Waals surface area contributed by atoms with E-state index >= 15 is 0 Å². The Labute approximate surface area is 200 Å². The third-order valence-corrected chi connectivity index (χ3v) is 6.36. The summed E-state index contributed by atoms with van der Waals surface area (Å²) in [4.78, 5) is 22.4. The van der Waals surface area contributed by atoms with Crippen LogP contribution in [0.5, 0.6) is 0 Å². The lowest BCUT2D eigenvalue weighted by Gasteiger charge is -2.20. The Hall–Kier alpha value is -3.22. The third-order valence-electron chi connectivity index (χ3n) is 5.61. The molecule has 0 atom stereocenters. The van der Waals surface area contributed by atoms with E-state index in [4.69, 9.17) is 33.2 Å². The number of aromatic amines is 1. The molecule has 166 valence electrons. The van der Waals surface area contributed by atoms with Gasteiger partial charge in [0, 0.05) is 26.6 Å². The van der Waals surface area contributed by atoms with Crippen LogP contribution < -0.4 is 5.69 Å². The topological polar surface area (TPSA) is 75.9 Å². The summed E-state index contributed by atoms with van der Waals surface area (Å²) < 4.78 is 1.52. The van der Waals surface area contributed by atoms with Crippen LogP contribution in [-0.4, -0.2) is 24.6 Å². The van der Waals surface area contributed by atoms with Crippen LogP contribution in [0.1, 0.15) is 32.2 Å². The number of H-pyrrole nitrogens is 1. The van der Waals surface area contributed by atoms with Gasteiger partial charge in [-0.15, -0.1) is 0 Å². The lowest BCUT2D eigenvalue weighted by atomic mass is 9.94. The molecule has 1 N–H and O–H groups in total. The molecule has 0 fully saturated rings. The second-order valence-corrected chi connectivity index (χ2v) is 9.89. The van der Waals surface area contributed by atoms with Crippen molar-refractivity contribution >= 4 is 39.9 Å². The minimum Gasteiger partial charge on any atom is -0.246 e. The van der Waals surface area contributed by atoms with Gasteiger partial charge in [0.25, 0.3) is 0 Å². The van der Waals surface area contributed by atoms with E-state index in [1.54, 1.807) is 0 Å². The zero-order chi connectivity index (χ0) is 23.5. The molecule has 0 amide bonds. The first-order valence-corrected chi connectivity index (χ1v) is 11.2. The minimum absolute atomic E-state index is 0.330. The highest BCUT2D eigenvalue weighted by Crippen LogP contribution is 2.38. The number of hydrogen-bond donors (Lipinski definition) is 1. The summed E-state index contributed by atoms with van der Waals surface area (Å²) in [5, 5.41) is 8.81. The molecule has 2 aromatic carbocycles. The smallest absolute Gasteiger partial charge is 0.246 e. The van der Waals surface area contributed by atoms with Crippen molar-refractivity contribution in [2.24, 2.45) is 0 Å². The van der Waals surface area contributed by atoms with Gasteiger partial charge in [0.05, 0.1) is 11.1 Å². The van der Waals surface area contributed by atoms with E-state index in [9.17, 15) is 4.79 Å². The van der Waals surface area contributed by atoms with Crippen molar-refractivity contribution in [3.05, 3.63) is 80.4 Å². The molecule has 0 saturated carbocycles. The van der Waals surface area contributed by atoms with E-state index in [0.717, 1.165) is 22.3 Å². The third kappa shape index (κ3) is 3.59. The highest BCUT2D eigenvalue weighted by molar-refractivity contribution is 6.33. The van der Waals surface area contributed by atoms with Crippen molar-refractivity contribution in [3.63, 3.8) is 0 Å². The molecule has 0 spiro atoms. The van der Waals surface area contributed by atoms with E-state index in [0.29, 0.717) is 38.2 Å². The zero-order valence-corrected chi connectivity index (χ0v) is 20.1. The second-order valence-electron chi connectivity index (χ2n) is 9.07. The summed E-state index contributed by atoms with van der Waals surface area (Å²) in [6.45, 7) is 7.96. The first-order chi connectivity index (χ1) is 15.6. The number of halogens is 2. The zero-order valence-electron chi connectivity index (χ0n) is 18.6. The Kier molecular flexibility index (Phi) is 5.03. The van der Waals surface area contributed by atoms with Crippen LogP contribution in [0.2, 0.25) is 10.0 Å². The fourth-order valence-electron chi connectivity index (χ4n) is 3.97. The molecular formula is C25H21Cl2N5O. The fraction of sp³-hybridized carbons (Fsp3) is 0.200. The Balaban J connectivity index is 1.95. The number of aromatic nitrogens is 5. The molecule has 5 aromatic rings. The molecule has 0 unspecified atom stereocenters. The first kappa shape index (κ1) is 21.6. The van der Waals surface area contributed by atoms with Gasteiger partial charge in [-0.25, -0.2) is 24.3 Å². The first-order valence-electron chi connectivity index (χ1n) is 10.5. The van der Waals surface area contributed by atoms with Crippen LogP contribution in [0.3, 0.4) is 0 Å². The van der Waals surface area contributed by atoms with Gasteiger partial charge >= 0.3 is 5.69 Å². The standard InChI is InChI=1S/C25H21Cl2N5O/c1-13-11-14(9-10-18(13)26)16-12-17-21(28-20(16)15-7-5-6-8-19(15)27)29-23(25(2,3)4)32-22(17)30-31-24(32)33/h5-12H,1-4H3,(H,31,33). The summed E-state index contributed by atoms with van der Waals surface area (Å²) in [6.07, 6.45) is 0. The number of rotatable bonds is 2. The molecule has 0 aliphatic rings. The maximum absolute atomic E-state index is 12.6. The molecule has 3 aromatic heterocycles. The van der Waals surface area contributed by atoms with E-state index in [-0.39, 0.29) is 5.69 Å². The van der Waals surface area contributed by atoms with Crippen molar-refractivity contribution in [2.45, 2.75) is 33.1 Å². The number of benzene rings is 2. The number of nitrogens with one attached hydrogen (secondary N) is 1. The van der Waals surface area contributed by atoms with Gasteiger partial charge in [0.1, 0.15) is 5.82 Å². The number of hydrogen-bond acceptors (Lipinski definition) is 4. The maximum Gasteiger partial charge on any atom is 0.349 e. The summed E-state index contributed by atoms with van der Waals surface area (Å²) in [5.74, 6) is 0.580. The Morgan fingerprint density at radius 3 is 2.39 bits per heavy atom. The van der Waals surface area contributed by atoms with E-state index in [1.807, 2.05) is 76.2 Å². The molecule has 0 aliphatic carbocycles. The lowest BCUT2D eigenvalue weighted by Crippen LogP contribution is -2.25. The number of fused-ring (bicyclic) bond motifs is 3. The van der Waals surface area contributed by atoms with Crippen molar-refractivity contribution in [1.82, 2.24) is 24.6 Å². The maximum atomic E-state index is 12.6. The molecule has 0 saturated heterocycles. The summed E-state index contributed by atoms with van der Waals surface area (Å²) >= 11 is 12.9. The predicted octanol–water partition coefficient (Wildman–Crippen LogP) is 6.21. The summed E-state index contributed by atoms with van der Waals surface area (Å²) in [7, 11) is 0. The molecule has 0 radical (unpaired) electrons. The lowest BCUT2D eigenvalue weighted by molar-refractivity contribution is 0.535. The van der Waals surface area contributed by atoms with Crippen LogP contribution in [0.25, 0.3) is 39.1 Å². The van der Waals surface area contributed by atoms with Gasteiger partial charge in [-0.2, -0.15) is 5.10 Å². The number of aryl methyl sites for hydroxylation is 1. The monoisotopic (exact) mass is 477 g/mol. The van der Waals surface area contributed by atoms with E-state index in [2.05, 4.69) is 10.2 Å². The molecular weight excluding hydrogens is 457 g/mol. The molecule has 0 aliphatic heterocycles. The van der Waals surface area contributed by atoms with Gasteiger partial charge in [0.2, 0.25) is 0 Å². The quantitative estimate of drug-likeness (QED) is 0.327. The van der Waals surface area contributed by atoms with Crippen molar-refractivity contribution in [3.8, 4) is 22.4 Å². The van der Waals surface area contributed by atoms with Gasteiger partial charge in [-0.3, -0.25) is 0 Å². The van der Waals surface area contributed by atoms with Gasteiger partial charge in [-0.1, -0.05) is 68.2 Å². The Bertz CT molecular complexity index is 1610. The van der Waals surface area contributed by atoms with Crippen LogP contribution >= 0.6 is 23.2 Å². The molecule has 5 rings (SSSR count). The largest absolute Gasteiger partial charge is 0.349 e. The van der Waals surface area contributed by atoms with Crippen LogP contribution in [0, 0.1) is 6.92 Å². The molecule has 33 heavy (non-hydrogen) atoms. The second kappa shape index (κ2) is 7.68. The highest BCUT2D eigenvalue weighted by Gasteiger charge is 2.25. The van der Waals surface area contributed by atoms with Crippen LogP contribution in [0.15, 0.2) is 53.3 Å². The van der Waals surface area contributed by atoms with Crippen molar-refractivity contribution < 1.29 is 0 Å². The number of nitrogens with zero attached hydrogens (tertiary/aromatic N) is 4.